The molecule has 0 radical (unpaired) electrons. The predicted octanol–water partition coefficient (Wildman–Crippen LogP) is 3.53. The normalized spacial score (nSPS) is 16.9. The van der Waals surface area contributed by atoms with E-state index in [0.29, 0.717) is 42.7 Å². The number of hydrogen-bond donors (Lipinski definition) is 0. The van der Waals surface area contributed by atoms with Crippen LogP contribution in [-0.4, -0.2) is 55.2 Å². The van der Waals surface area contributed by atoms with Gasteiger partial charge in [-0.1, -0.05) is 17.7 Å². The number of aromatic nitrogens is 1. The first-order valence-corrected chi connectivity index (χ1v) is 10.1. The van der Waals surface area contributed by atoms with Crippen LogP contribution in [-0.2, 0) is 0 Å². The highest BCUT2D eigenvalue weighted by atomic mass is 35.5. The Bertz CT molecular complexity index is 935. The lowest BCUT2D eigenvalue weighted by molar-refractivity contribution is 0.197. The highest BCUT2D eigenvalue weighted by molar-refractivity contribution is 6.30. The molecule has 29 heavy (non-hydrogen) atoms. The molecule has 0 bridgehead atoms. The molecule has 3 heterocycles. The lowest BCUT2D eigenvalue weighted by Crippen LogP contribution is -2.49. The third-order valence-corrected chi connectivity index (χ3v) is 5.41. The van der Waals surface area contributed by atoms with Crippen LogP contribution in [0.3, 0.4) is 0 Å². The quantitative estimate of drug-likeness (QED) is 0.717. The Morgan fingerprint density at radius 1 is 1.10 bits per heavy atom. The first-order valence-electron chi connectivity index (χ1n) is 9.76. The lowest BCUT2D eigenvalue weighted by Gasteiger charge is -2.36. The van der Waals surface area contributed by atoms with Crippen molar-refractivity contribution in [1.29, 1.82) is 5.26 Å². The van der Waals surface area contributed by atoms with E-state index in [-0.39, 0.29) is 6.03 Å². The molecule has 0 spiro atoms. The Labute approximate surface area is 175 Å². The number of amides is 2. The summed E-state index contributed by atoms with van der Waals surface area (Å²) in [6.45, 7) is 3.92. The molecule has 2 aliphatic rings. The number of carbonyl (C=O) groups excluding carboxylic acids is 1. The molecular weight excluding hydrogens is 390 g/mol. The smallest absolute Gasteiger partial charge is 0.324 e. The van der Waals surface area contributed by atoms with Gasteiger partial charge in [0.2, 0.25) is 0 Å². The maximum atomic E-state index is 13.2. The summed E-state index contributed by atoms with van der Waals surface area (Å²) in [5, 5.41) is 9.67. The molecule has 0 atom stereocenters. The molecular formula is C21H22ClN5O2. The number of urea groups is 1. The van der Waals surface area contributed by atoms with Gasteiger partial charge in [-0.2, -0.15) is 5.26 Å². The van der Waals surface area contributed by atoms with Crippen molar-refractivity contribution in [3.63, 3.8) is 0 Å². The predicted molar refractivity (Wildman–Crippen MR) is 112 cm³/mol. The van der Waals surface area contributed by atoms with Crippen LogP contribution in [0.15, 0.2) is 36.4 Å². The minimum Gasteiger partial charge on any atom is -0.489 e. The van der Waals surface area contributed by atoms with Crippen molar-refractivity contribution in [2.45, 2.75) is 12.8 Å². The van der Waals surface area contributed by atoms with Crippen molar-refractivity contribution in [3.05, 3.63) is 47.1 Å². The summed E-state index contributed by atoms with van der Waals surface area (Å²) in [6, 6.07) is 13.0. The molecule has 7 nitrogen and oxygen atoms in total. The molecule has 0 saturated carbocycles. The standard InChI is InChI=1S/C21H22ClN5O2/c22-16-6-7-18-19(14-16)29-13-12-27(18)21(28)26-10-2-8-25(9-3-11-26)20-5-1-4-17(15-23)24-20/h1,4-7,14H,2-3,8-13H2. The van der Waals surface area contributed by atoms with Gasteiger partial charge in [-0.25, -0.2) is 9.78 Å². The minimum absolute atomic E-state index is 0.00919. The Kier molecular flexibility index (Phi) is 5.72. The molecule has 0 unspecified atom stereocenters. The van der Waals surface area contributed by atoms with Crippen molar-refractivity contribution in [3.8, 4) is 11.8 Å². The fourth-order valence-electron chi connectivity index (χ4n) is 3.77. The maximum absolute atomic E-state index is 13.2. The number of rotatable bonds is 1. The van der Waals surface area contributed by atoms with E-state index in [1.165, 1.54) is 0 Å². The summed E-state index contributed by atoms with van der Waals surface area (Å²) in [6.07, 6.45) is 1.67. The molecule has 2 amide bonds. The average Bonchev–Trinajstić information content (AvgIpc) is 2.72. The van der Waals surface area contributed by atoms with Gasteiger partial charge in [0.15, 0.2) is 0 Å². The molecule has 1 saturated heterocycles. The largest absolute Gasteiger partial charge is 0.489 e. The number of carbonyl (C=O) groups is 1. The number of pyridine rings is 1. The molecule has 1 aromatic heterocycles. The van der Waals surface area contributed by atoms with Gasteiger partial charge in [0.05, 0.1) is 12.2 Å². The number of ether oxygens (including phenoxy) is 1. The average molecular weight is 412 g/mol. The Balaban J connectivity index is 1.42. The van der Waals surface area contributed by atoms with E-state index in [1.807, 2.05) is 23.1 Å². The van der Waals surface area contributed by atoms with Crippen LogP contribution in [0.25, 0.3) is 0 Å². The summed E-state index contributed by atoms with van der Waals surface area (Å²) in [7, 11) is 0. The van der Waals surface area contributed by atoms with Crippen LogP contribution in [0.2, 0.25) is 5.02 Å². The number of halogens is 1. The van der Waals surface area contributed by atoms with Crippen LogP contribution in [0.5, 0.6) is 5.75 Å². The molecule has 1 fully saturated rings. The molecule has 4 rings (SSSR count). The van der Waals surface area contributed by atoms with Gasteiger partial charge in [-0.15, -0.1) is 0 Å². The number of benzene rings is 1. The highest BCUT2D eigenvalue weighted by Crippen LogP contribution is 2.34. The number of nitrogens with zero attached hydrogens (tertiary/aromatic N) is 5. The van der Waals surface area contributed by atoms with Gasteiger partial charge in [0, 0.05) is 37.3 Å². The van der Waals surface area contributed by atoms with Crippen molar-refractivity contribution in [1.82, 2.24) is 9.88 Å². The van der Waals surface area contributed by atoms with Crippen molar-refractivity contribution in [2.75, 3.05) is 49.1 Å². The second kappa shape index (κ2) is 8.58. The molecule has 0 aliphatic carbocycles. The lowest BCUT2D eigenvalue weighted by atomic mass is 10.2. The summed E-state index contributed by atoms with van der Waals surface area (Å²) in [5.41, 5.74) is 1.19. The van der Waals surface area contributed by atoms with Crippen LogP contribution < -0.4 is 14.5 Å². The SMILES string of the molecule is N#Cc1cccc(N2CCCN(C(=O)N3CCOc4cc(Cl)ccc43)CCC2)n1. The van der Waals surface area contributed by atoms with E-state index < -0.39 is 0 Å². The number of nitriles is 1. The topological polar surface area (TPSA) is 72.7 Å². The van der Waals surface area contributed by atoms with Crippen molar-refractivity contribution < 1.29 is 9.53 Å². The van der Waals surface area contributed by atoms with Gasteiger partial charge in [-0.3, -0.25) is 4.90 Å². The maximum Gasteiger partial charge on any atom is 0.324 e. The molecule has 150 valence electrons. The van der Waals surface area contributed by atoms with Gasteiger partial charge in [-0.05, 0) is 37.1 Å². The van der Waals surface area contributed by atoms with E-state index in [1.54, 1.807) is 23.1 Å². The first kappa shape index (κ1) is 19.3. The zero-order valence-electron chi connectivity index (χ0n) is 16.1. The third-order valence-electron chi connectivity index (χ3n) is 5.17. The molecule has 0 N–H and O–H groups in total. The van der Waals surface area contributed by atoms with E-state index in [2.05, 4.69) is 16.0 Å². The molecule has 8 heteroatoms. The van der Waals surface area contributed by atoms with Gasteiger partial charge < -0.3 is 14.5 Å². The van der Waals surface area contributed by atoms with Crippen molar-refractivity contribution in [2.24, 2.45) is 0 Å². The zero-order chi connectivity index (χ0) is 20.2. The fraction of sp³-hybridized carbons (Fsp3) is 0.381. The first-order chi connectivity index (χ1) is 14.2. The molecule has 1 aromatic carbocycles. The molecule has 2 aromatic rings. The van der Waals surface area contributed by atoms with Crippen LogP contribution in [0, 0.1) is 11.3 Å². The number of fused-ring (bicyclic) bond motifs is 1. The second-order valence-corrected chi connectivity index (χ2v) is 7.51. The van der Waals surface area contributed by atoms with Gasteiger partial charge in [0.25, 0.3) is 0 Å². The summed E-state index contributed by atoms with van der Waals surface area (Å²) < 4.78 is 5.67. The van der Waals surface area contributed by atoms with Crippen LogP contribution >= 0.6 is 11.6 Å². The monoisotopic (exact) mass is 411 g/mol. The fourth-order valence-corrected chi connectivity index (χ4v) is 3.94. The minimum atomic E-state index is 0.00919. The number of hydrogen-bond acceptors (Lipinski definition) is 5. The highest BCUT2D eigenvalue weighted by Gasteiger charge is 2.28. The zero-order valence-corrected chi connectivity index (χ0v) is 16.8. The van der Waals surface area contributed by atoms with Crippen LogP contribution in [0.1, 0.15) is 18.5 Å². The van der Waals surface area contributed by atoms with Crippen molar-refractivity contribution >= 4 is 29.1 Å². The Hall–Kier alpha value is -2.98. The van der Waals surface area contributed by atoms with Gasteiger partial charge >= 0.3 is 6.03 Å². The van der Waals surface area contributed by atoms with Gasteiger partial charge in [0.1, 0.15) is 29.9 Å². The Morgan fingerprint density at radius 2 is 1.90 bits per heavy atom. The van der Waals surface area contributed by atoms with E-state index in [4.69, 9.17) is 21.6 Å². The Morgan fingerprint density at radius 3 is 2.66 bits per heavy atom. The van der Waals surface area contributed by atoms with Crippen LogP contribution in [0.4, 0.5) is 16.3 Å². The summed E-state index contributed by atoms with van der Waals surface area (Å²) in [5.74, 6) is 1.47. The summed E-state index contributed by atoms with van der Waals surface area (Å²) in [4.78, 5) is 23.5. The van der Waals surface area contributed by atoms with E-state index >= 15 is 0 Å². The van der Waals surface area contributed by atoms with E-state index in [0.717, 1.165) is 37.4 Å². The number of anilines is 2. The summed E-state index contributed by atoms with van der Waals surface area (Å²) >= 11 is 6.05. The molecule has 2 aliphatic heterocycles. The third kappa shape index (κ3) is 4.22. The van der Waals surface area contributed by atoms with E-state index in [9.17, 15) is 4.79 Å². The second-order valence-electron chi connectivity index (χ2n) is 7.07.